The molecule has 1 amide bonds. The Bertz CT molecular complexity index is 687. The molecule has 0 fully saturated rings. The molecule has 0 bridgehead atoms. The van der Waals surface area contributed by atoms with Gasteiger partial charge in [0.15, 0.2) is 5.78 Å². The fourth-order valence-corrected chi connectivity index (χ4v) is 2.81. The number of hydrogen-bond acceptors (Lipinski definition) is 6. The molecule has 128 valence electrons. The van der Waals surface area contributed by atoms with Crippen LogP contribution in [0.15, 0.2) is 35.5 Å². The van der Waals surface area contributed by atoms with E-state index in [0.717, 1.165) is 0 Å². The summed E-state index contributed by atoms with van der Waals surface area (Å²) in [7, 11) is 0. The van der Waals surface area contributed by atoms with Crippen LogP contribution < -0.4 is 5.32 Å². The summed E-state index contributed by atoms with van der Waals surface area (Å²) in [6.45, 7) is 6.57. The van der Waals surface area contributed by atoms with Crippen LogP contribution in [0.5, 0.6) is 0 Å². The van der Waals surface area contributed by atoms with Gasteiger partial charge in [0.1, 0.15) is 0 Å². The fourth-order valence-electron chi connectivity index (χ4n) is 1.99. The molecule has 2 aromatic rings. The summed E-state index contributed by atoms with van der Waals surface area (Å²) in [5.74, 6) is 0.0645. The summed E-state index contributed by atoms with van der Waals surface area (Å²) in [4.78, 5) is 24.2. The van der Waals surface area contributed by atoms with Gasteiger partial charge in [-0.2, -0.15) is 0 Å². The van der Waals surface area contributed by atoms with Gasteiger partial charge in [0, 0.05) is 12.1 Å². The van der Waals surface area contributed by atoms with Gasteiger partial charge in [0.25, 0.3) is 0 Å². The standard InChI is InChI=1S/C16H21N5O2S/c1-11(2)10-21-16(18-19-20-21)24-12(3)15(23)17-9-14(22)13-7-5-4-6-8-13/h4-8,11-12H,9-10H2,1-3H3,(H,17,23)/t12-/m0/s1. The van der Waals surface area contributed by atoms with E-state index < -0.39 is 5.25 Å². The zero-order valence-electron chi connectivity index (χ0n) is 14.0. The molecule has 0 saturated carbocycles. The van der Waals surface area contributed by atoms with Crippen LogP contribution in [0.3, 0.4) is 0 Å². The van der Waals surface area contributed by atoms with Crippen molar-refractivity contribution in [2.45, 2.75) is 37.7 Å². The minimum Gasteiger partial charge on any atom is -0.348 e. The molecular formula is C16H21N5O2S. The Morgan fingerprint density at radius 3 is 2.58 bits per heavy atom. The van der Waals surface area contributed by atoms with E-state index in [4.69, 9.17) is 0 Å². The number of nitrogens with one attached hydrogen (secondary N) is 1. The summed E-state index contributed by atoms with van der Waals surface area (Å²) in [6.07, 6.45) is 0. The number of Topliss-reactive ketones (excluding diaryl/α,β-unsaturated/α-hetero) is 1. The Kier molecular flexibility index (Phi) is 6.48. The molecule has 0 unspecified atom stereocenters. The lowest BCUT2D eigenvalue weighted by Gasteiger charge is -2.12. The number of nitrogens with zero attached hydrogens (tertiary/aromatic N) is 4. The first-order valence-corrected chi connectivity index (χ1v) is 8.64. The number of amides is 1. The molecule has 1 heterocycles. The third-order valence-corrected chi connectivity index (χ3v) is 4.28. The zero-order chi connectivity index (χ0) is 17.5. The summed E-state index contributed by atoms with van der Waals surface area (Å²) in [5, 5.41) is 14.4. The van der Waals surface area contributed by atoms with Gasteiger partial charge in [-0.05, 0) is 23.3 Å². The van der Waals surface area contributed by atoms with E-state index in [1.807, 2.05) is 6.07 Å². The van der Waals surface area contributed by atoms with E-state index >= 15 is 0 Å². The van der Waals surface area contributed by atoms with E-state index in [0.29, 0.717) is 23.2 Å². The maximum atomic E-state index is 12.2. The zero-order valence-corrected chi connectivity index (χ0v) is 14.8. The van der Waals surface area contributed by atoms with Crippen LogP contribution in [0.4, 0.5) is 0 Å². The van der Waals surface area contributed by atoms with Crippen molar-refractivity contribution in [1.82, 2.24) is 25.5 Å². The summed E-state index contributed by atoms with van der Waals surface area (Å²) in [6, 6.07) is 8.89. The largest absolute Gasteiger partial charge is 0.348 e. The van der Waals surface area contributed by atoms with Crippen LogP contribution in [0.25, 0.3) is 0 Å². The van der Waals surface area contributed by atoms with E-state index in [1.165, 1.54) is 11.8 Å². The van der Waals surface area contributed by atoms with Crippen molar-refractivity contribution in [2.75, 3.05) is 6.54 Å². The number of carbonyl (C=O) groups excluding carboxylic acids is 2. The topological polar surface area (TPSA) is 89.8 Å². The number of benzene rings is 1. The van der Waals surface area contributed by atoms with Gasteiger partial charge < -0.3 is 5.32 Å². The Labute approximate surface area is 145 Å². The highest BCUT2D eigenvalue weighted by molar-refractivity contribution is 8.00. The molecule has 0 aliphatic rings. The fraction of sp³-hybridized carbons (Fsp3) is 0.438. The minimum atomic E-state index is -0.398. The maximum absolute atomic E-state index is 12.2. The Balaban J connectivity index is 1.86. The molecule has 0 aliphatic carbocycles. The minimum absolute atomic E-state index is 0.0231. The summed E-state index contributed by atoms with van der Waals surface area (Å²) < 4.78 is 1.69. The lowest BCUT2D eigenvalue weighted by molar-refractivity contribution is -0.120. The second kappa shape index (κ2) is 8.58. The molecular weight excluding hydrogens is 326 g/mol. The third-order valence-electron chi connectivity index (χ3n) is 3.21. The second-order valence-electron chi connectivity index (χ2n) is 5.80. The number of rotatable bonds is 8. The van der Waals surface area contributed by atoms with Gasteiger partial charge in [-0.1, -0.05) is 55.9 Å². The lowest BCUT2D eigenvalue weighted by atomic mass is 10.1. The van der Waals surface area contributed by atoms with Crippen molar-refractivity contribution in [3.63, 3.8) is 0 Å². The average molecular weight is 347 g/mol. The Hall–Kier alpha value is -2.22. The lowest BCUT2D eigenvalue weighted by Crippen LogP contribution is -2.35. The number of carbonyl (C=O) groups is 2. The van der Waals surface area contributed by atoms with Crippen LogP contribution in [0, 0.1) is 5.92 Å². The van der Waals surface area contributed by atoms with Crippen molar-refractivity contribution in [3.8, 4) is 0 Å². The van der Waals surface area contributed by atoms with Crippen molar-refractivity contribution in [3.05, 3.63) is 35.9 Å². The quantitative estimate of drug-likeness (QED) is 0.578. The number of hydrogen-bond donors (Lipinski definition) is 1. The first-order chi connectivity index (χ1) is 11.5. The molecule has 1 atom stereocenters. The van der Waals surface area contributed by atoms with E-state index in [2.05, 4.69) is 34.7 Å². The number of aromatic nitrogens is 4. The number of ketones is 1. The molecule has 1 aromatic carbocycles. The highest BCUT2D eigenvalue weighted by atomic mass is 32.2. The van der Waals surface area contributed by atoms with Crippen LogP contribution >= 0.6 is 11.8 Å². The molecule has 8 heteroatoms. The Morgan fingerprint density at radius 1 is 1.21 bits per heavy atom. The van der Waals surface area contributed by atoms with E-state index in [9.17, 15) is 9.59 Å². The smallest absolute Gasteiger partial charge is 0.233 e. The highest BCUT2D eigenvalue weighted by Gasteiger charge is 2.19. The van der Waals surface area contributed by atoms with Crippen molar-refractivity contribution in [1.29, 1.82) is 0 Å². The van der Waals surface area contributed by atoms with Gasteiger partial charge in [0.05, 0.1) is 11.8 Å². The van der Waals surface area contributed by atoms with Crippen molar-refractivity contribution < 1.29 is 9.59 Å². The monoisotopic (exact) mass is 347 g/mol. The molecule has 2 rings (SSSR count). The first-order valence-electron chi connectivity index (χ1n) is 7.76. The second-order valence-corrected chi connectivity index (χ2v) is 7.11. The molecule has 0 saturated heterocycles. The molecule has 7 nitrogen and oxygen atoms in total. The molecule has 0 radical (unpaired) electrons. The van der Waals surface area contributed by atoms with Crippen molar-refractivity contribution in [2.24, 2.45) is 5.92 Å². The Morgan fingerprint density at radius 2 is 1.92 bits per heavy atom. The van der Waals surface area contributed by atoms with E-state index in [-0.39, 0.29) is 18.2 Å². The summed E-state index contributed by atoms with van der Waals surface area (Å²) in [5.41, 5.74) is 0.582. The third kappa shape index (κ3) is 5.16. The number of tetrazole rings is 1. The average Bonchev–Trinajstić information content (AvgIpc) is 2.99. The van der Waals surface area contributed by atoms with Crippen LogP contribution in [-0.4, -0.2) is 43.7 Å². The highest BCUT2D eigenvalue weighted by Crippen LogP contribution is 2.20. The van der Waals surface area contributed by atoms with Crippen LogP contribution in [0.1, 0.15) is 31.1 Å². The SMILES string of the molecule is CC(C)Cn1nnnc1S[C@@H](C)C(=O)NCC(=O)c1ccccc1. The molecule has 24 heavy (non-hydrogen) atoms. The van der Waals surface area contributed by atoms with Gasteiger partial charge in [0.2, 0.25) is 11.1 Å². The summed E-state index contributed by atoms with van der Waals surface area (Å²) >= 11 is 1.28. The number of thioether (sulfide) groups is 1. The predicted molar refractivity (Wildman–Crippen MR) is 91.8 cm³/mol. The van der Waals surface area contributed by atoms with Crippen LogP contribution in [0.2, 0.25) is 0 Å². The predicted octanol–water partition coefficient (Wildman–Crippen LogP) is 1.81. The maximum Gasteiger partial charge on any atom is 0.233 e. The van der Waals surface area contributed by atoms with Gasteiger partial charge in [-0.3, -0.25) is 9.59 Å². The van der Waals surface area contributed by atoms with Gasteiger partial charge in [-0.25, -0.2) is 4.68 Å². The molecule has 0 aliphatic heterocycles. The van der Waals surface area contributed by atoms with Crippen LogP contribution in [-0.2, 0) is 11.3 Å². The molecule has 0 spiro atoms. The van der Waals surface area contributed by atoms with Gasteiger partial charge >= 0.3 is 0 Å². The molecule has 1 aromatic heterocycles. The van der Waals surface area contributed by atoms with Crippen molar-refractivity contribution >= 4 is 23.5 Å². The van der Waals surface area contributed by atoms with Gasteiger partial charge in [-0.15, -0.1) is 5.10 Å². The van der Waals surface area contributed by atoms with E-state index in [1.54, 1.807) is 35.9 Å². The normalized spacial score (nSPS) is 12.2. The molecule has 1 N–H and O–H groups in total. The first kappa shape index (κ1) is 18.1.